The van der Waals surface area contributed by atoms with Crippen molar-refractivity contribution >= 4 is 28.0 Å². The van der Waals surface area contributed by atoms with Crippen molar-refractivity contribution in [2.45, 2.75) is 6.92 Å². The van der Waals surface area contributed by atoms with Crippen molar-refractivity contribution in [1.82, 2.24) is 19.6 Å². The molecule has 0 bridgehead atoms. The molecule has 1 amide bonds. The molecule has 0 aliphatic heterocycles. The summed E-state index contributed by atoms with van der Waals surface area (Å²) in [6, 6.07) is 4.85. The molecule has 0 saturated carbocycles. The Morgan fingerprint density at radius 3 is 3.00 bits per heavy atom. The molecule has 3 aromatic heterocycles. The third-order valence-corrected chi connectivity index (χ3v) is 4.48. The highest BCUT2D eigenvalue weighted by Gasteiger charge is 2.19. The van der Waals surface area contributed by atoms with E-state index in [0.717, 1.165) is 29.5 Å². The maximum atomic E-state index is 13.9. The summed E-state index contributed by atoms with van der Waals surface area (Å²) >= 11 is 1.12. The molecule has 4 rings (SSSR count). The van der Waals surface area contributed by atoms with Crippen LogP contribution in [0.1, 0.15) is 16.1 Å². The number of nitrogens with zero attached hydrogens (tertiary/aromatic N) is 4. The zero-order chi connectivity index (χ0) is 18.3. The number of aryl methyl sites for hydroxylation is 1. The van der Waals surface area contributed by atoms with Gasteiger partial charge in [0, 0.05) is 23.3 Å². The van der Waals surface area contributed by atoms with Crippen LogP contribution >= 0.6 is 11.3 Å². The average Bonchev–Trinajstić information content (AvgIpc) is 3.20. The fraction of sp³-hybridized carbons (Fsp3) is 0.0588. The van der Waals surface area contributed by atoms with E-state index in [4.69, 9.17) is 0 Å². The molecule has 3 heterocycles. The van der Waals surface area contributed by atoms with Gasteiger partial charge in [-0.25, -0.2) is 23.3 Å². The number of fused-ring (bicyclic) bond motifs is 1. The average molecular weight is 371 g/mol. The van der Waals surface area contributed by atoms with Gasteiger partial charge in [0.2, 0.25) is 0 Å². The number of rotatable bonds is 3. The van der Waals surface area contributed by atoms with Crippen molar-refractivity contribution < 1.29 is 13.6 Å². The van der Waals surface area contributed by atoms with Crippen LogP contribution in [-0.2, 0) is 0 Å². The minimum atomic E-state index is -0.586. The predicted octanol–water partition coefficient (Wildman–Crippen LogP) is 3.69. The Morgan fingerprint density at radius 1 is 1.31 bits per heavy atom. The Kier molecular flexibility index (Phi) is 3.92. The lowest BCUT2D eigenvalue weighted by Gasteiger charge is -2.01. The Balaban J connectivity index is 1.64. The summed E-state index contributed by atoms with van der Waals surface area (Å²) < 4.78 is 28.7. The lowest BCUT2D eigenvalue weighted by atomic mass is 10.1. The molecule has 0 aliphatic carbocycles. The van der Waals surface area contributed by atoms with Gasteiger partial charge in [-0.05, 0) is 31.2 Å². The van der Waals surface area contributed by atoms with Gasteiger partial charge in [0.1, 0.15) is 17.2 Å². The quantitative estimate of drug-likeness (QED) is 0.596. The SMILES string of the molecule is Cc1nn2cccnc2c1C(=O)Nc1nc(-c2cc(F)ccc2F)cs1. The molecule has 0 radical (unpaired) electrons. The Labute approximate surface area is 150 Å². The third kappa shape index (κ3) is 2.82. The van der Waals surface area contributed by atoms with Crippen LogP contribution in [0.25, 0.3) is 16.9 Å². The maximum absolute atomic E-state index is 13.9. The fourth-order valence-electron chi connectivity index (χ4n) is 2.57. The second kappa shape index (κ2) is 6.26. The van der Waals surface area contributed by atoms with E-state index < -0.39 is 17.5 Å². The topological polar surface area (TPSA) is 72.2 Å². The summed E-state index contributed by atoms with van der Waals surface area (Å²) in [5, 5.41) is 8.71. The summed E-state index contributed by atoms with van der Waals surface area (Å²) in [4.78, 5) is 20.9. The molecule has 0 saturated heterocycles. The summed E-state index contributed by atoms with van der Waals surface area (Å²) in [6.45, 7) is 1.71. The molecular formula is C17H11F2N5OS. The molecule has 130 valence electrons. The van der Waals surface area contributed by atoms with Gasteiger partial charge in [-0.1, -0.05) is 0 Å². The number of aromatic nitrogens is 4. The van der Waals surface area contributed by atoms with Gasteiger partial charge in [0.15, 0.2) is 10.8 Å². The maximum Gasteiger partial charge on any atom is 0.263 e. The highest BCUT2D eigenvalue weighted by Crippen LogP contribution is 2.28. The molecule has 0 unspecified atom stereocenters. The number of hydrogen-bond donors (Lipinski definition) is 1. The predicted molar refractivity (Wildman–Crippen MR) is 93.1 cm³/mol. The first-order valence-electron chi connectivity index (χ1n) is 7.55. The second-order valence-corrected chi connectivity index (χ2v) is 6.32. The highest BCUT2D eigenvalue weighted by atomic mass is 32.1. The summed E-state index contributed by atoms with van der Waals surface area (Å²) in [7, 11) is 0. The zero-order valence-corrected chi connectivity index (χ0v) is 14.2. The standard InChI is InChI=1S/C17H11F2N5OS/c1-9-14(15-20-5-2-6-24(15)23-9)16(25)22-17-21-13(8-26-17)11-7-10(18)3-4-12(11)19/h2-8H,1H3,(H,21,22,25). The van der Waals surface area contributed by atoms with Gasteiger partial charge in [0.25, 0.3) is 5.91 Å². The molecule has 1 aromatic carbocycles. The minimum absolute atomic E-state index is 0.0376. The van der Waals surface area contributed by atoms with Gasteiger partial charge in [0.05, 0.1) is 11.4 Å². The molecule has 26 heavy (non-hydrogen) atoms. The van der Waals surface area contributed by atoms with Crippen molar-refractivity contribution in [3.8, 4) is 11.3 Å². The second-order valence-electron chi connectivity index (χ2n) is 5.46. The van der Waals surface area contributed by atoms with Crippen molar-refractivity contribution in [2.24, 2.45) is 0 Å². The van der Waals surface area contributed by atoms with E-state index in [2.05, 4.69) is 20.4 Å². The first-order chi connectivity index (χ1) is 12.5. The molecule has 4 aromatic rings. The molecule has 0 spiro atoms. The minimum Gasteiger partial charge on any atom is -0.298 e. The van der Waals surface area contributed by atoms with Crippen molar-refractivity contribution in [3.63, 3.8) is 0 Å². The molecule has 6 nitrogen and oxygen atoms in total. The number of halogens is 2. The number of anilines is 1. The monoisotopic (exact) mass is 371 g/mol. The zero-order valence-electron chi connectivity index (χ0n) is 13.4. The van der Waals surface area contributed by atoms with Gasteiger partial charge >= 0.3 is 0 Å². The highest BCUT2D eigenvalue weighted by molar-refractivity contribution is 7.14. The Hall–Kier alpha value is -3.20. The van der Waals surface area contributed by atoms with Crippen molar-refractivity contribution in [3.05, 3.63) is 64.9 Å². The van der Waals surface area contributed by atoms with Gasteiger partial charge in [-0.2, -0.15) is 5.10 Å². The van der Waals surface area contributed by atoms with E-state index in [0.29, 0.717) is 16.9 Å². The van der Waals surface area contributed by atoms with E-state index in [1.165, 1.54) is 4.52 Å². The molecule has 0 fully saturated rings. The lowest BCUT2D eigenvalue weighted by molar-refractivity contribution is 0.102. The number of nitrogens with one attached hydrogen (secondary N) is 1. The molecular weight excluding hydrogens is 360 g/mol. The van der Waals surface area contributed by atoms with Crippen LogP contribution in [0.2, 0.25) is 0 Å². The van der Waals surface area contributed by atoms with E-state index in [1.54, 1.807) is 30.8 Å². The lowest BCUT2D eigenvalue weighted by Crippen LogP contribution is -2.13. The summed E-state index contributed by atoms with van der Waals surface area (Å²) in [5.41, 5.74) is 1.57. The molecule has 0 atom stereocenters. The third-order valence-electron chi connectivity index (χ3n) is 3.73. The van der Waals surface area contributed by atoms with Crippen LogP contribution < -0.4 is 5.32 Å². The number of carbonyl (C=O) groups is 1. The van der Waals surface area contributed by atoms with E-state index in [9.17, 15) is 13.6 Å². The van der Waals surface area contributed by atoms with Crippen LogP contribution in [0.15, 0.2) is 42.0 Å². The van der Waals surface area contributed by atoms with Crippen LogP contribution in [0.4, 0.5) is 13.9 Å². The first-order valence-corrected chi connectivity index (χ1v) is 8.43. The number of thiazole rings is 1. The molecule has 0 aliphatic rings. The van der Waals surface area contributed by atoms with Crippen molar-refractivity contribution in [2.75, 3.05) is 5.32 Å². The normalized spacial score (nSPS) is 11.0. The van der Waals surface area contributed by atoms with Gasteiger partial charge < -0.3 is 0 Å². The van der Waals surface area contributed by atoms with Crippen LogP contribution in [0.5, 0.6) is 0 Å². The van der Waals surface area contributed by atoms with Crippen LogP contribution in [-0.4, -0.2) is 25.5 Å². The number of benzene rings is 1. The van der Waals surface area contributed by atoms with Crippen molar-refractivity contribution in [1.29, 1.82) is 0 Å². The van der Waals surface area contributed by atoms with Gasteiger partial charge in [-0.3, -0.25) is 10.1 Å². The largest absolute Gasteiger partial charge is 0.298 e. The van der Waals surface area contributed by atoms with Crippen LogP contribution in [0, 0.1) is 18.6 Å². The Bertz CT molecular complexity index is 1140. The first kappa shape index (κ1) is 16.3. The van der Waals surface area contributed by atoms with E-state index in [-0.39, 0.29) is 16.4 Å². The van der Waals surface area contributed by atoms with E-state index >= 15 is 0 Å². The van der Waals surface area contributed by atoms with E-state index in [1.807, 2.05) is 0 Å². The summed E-state index contributed by atoms with van der Waals surface area (Å²) in [5.74, 6) is -1.57. The van der Waals surface area contributed by atoms with Gasteiger partial charge in [-0.15, -0.1) is 11.3 Å². The van der Waals surface area contributed by atoms with Crippen LogP contribution in [0.3, 0.4) is 0 Å². The fourth-order valence-corrected chi connectivity index (χ4v) is 3.28. The number of amides is 1. The summed E-state index contributed by atoms with van der Waals surface area (Å²) in [6.07, 6.45) is 3.27. The smallest absolute Gasteiger partial charge is 0.263 e. The number of carbonyl (C=O) groups excluding carboxylic acids is 1. The Morgan fingerprint density at radius 2 is 2.15 bits per heavy atom. The number of hydrogen-bond acceptors (Lipinski definition) is 5. The molecule has 1 N–H and O–H groups in total. The molecule has 9 heteroatoms.